The first-order valence-electron chi connectivity index (χ1n) is 7.54. The molecule has 0 aliphatic heterocycles. The number of aromatic amines is 1. The van der Waals surface area contributed by atoms with E-state index in [2.05, 4.69) is 50.4 Å². The third-order valence-electron chi connectivity index (χ3n) is 3.65. The summed E-state index contributed by atoms with van der Waals surface area (Å²) in [7, 11) is 0. The minimum absolute atomic E-state index is 0.0722. The summed E-state index contributed by atoms with van der Waals surface area (Å²) in [5.74, 6) is 0.854. The number of nitrogens with one attached hydrogen (secondary N) is 2. The number of carbonyl (C=O) groups excluding carboxylic acids is 1. The maximum absolute atomic E-state index is 12.0. The van der Waals surface area contributed by atoms with Crippen LogP contribution in [0.25, 0.3) is 10.9 Å². The third-order valence-corrected chi connectivity index (χ3v) is 4.55. The van der Waals surface area contributed by atoms with Gasteiger partial charge in [0.2, 0.25) is 5.91 Å². The number of carbonyl (C=O) groups is 1. The summed E-state index contributed by atoms with van der Waals surface area (Å²) in [6.45, 7) is 3.40. The molecule has 0 bridgehead atoms. The normalized spacial score (nSPS) is 11.0. The van der Waals surface area contributed by atoms with Crippen LogP contribution in [0.5, 0.6) is 0 Å². The Labute approximate surface area is 138 Å². The van der Waals surface area contributed by atoms with Gasteiger partial charge in [-0.15, -0.1) is 16.9 Å². The van der Waals surface area contributed by atoms with Crippen LogP contribution >= 0.6 is 11.8 Å². The molecule has 2 heterocycles. The van der Waals surface area contributed by atoms with Crippen LogP contribution in [0.1, 0.15) is 12.1 Å². The lowest BCUT2D eigenvalue weighted by molar-refractivity contribution is -0.121. The van der Waals surface area contributed by atoms with Crippen molar-refractivity contribution in [2.45, 2.75) is 24.9 Å². The first kappa shape index (κ1) is 15.6. The molecule has 23 heavy (non-hydrogen) atoms. The second-order valence-corrected chi connectivity index (χ2v) is 6.37. The van der Waals surface area contributed by atoms with E-state index in [1.807, 2.05) is 12.1 Å². The molecule has 2 N–H and O–H groups in total. The molecule has 3 rings (SSSR count). The number of aryl methyl sites for hydroxylation is 2. The van der Waals surface area contributed by atoms with Crippen molar-refractivity contribution in [2.24, 2.45) is 0 Å². The zero-order chi connectivity index (χ0) is 16.1. The average molecular weight is 329 g/mol. The van der Waals surface area contributed by atoms with Crippen LogP contribution < -0.4 is 5.32 Å². The van der Waals surface area contributed by atoms with Crippen LogP contribution in [0.3, 0.4) is 0 Å². The first-order chi connectivity index (χ1) is 11.2. The summed E-state index contributed by atoms with van der Waals surface area (Å²) in [6.07, 6.45) is 2.15. The molecule has 1 aromatic carbocycles. The number of amides is 1. The Kier molecular flexibility index (Phi) is 4.97. The van der Waals surface area contributed by atoms with E-state index in [9.17, 15) is 4.79 Å². The molecule has 0 unspecified atom stereocenters. The van der Waals surface area contributed by atoms with Gasteiger partial charge < -0.3 is 9.88 Å². The number of aromatic nitrogens is 4. The zero-order valence-electron chi connectivity index (χ0n) is 13.0. The summed E-state index contributed by atoms with van der Waals surface area (Å²) in [5, 5.41) is 15.3. The van der Waals surface area contributed by atoms with Crippen LogP contribution in [-0.2, 0) is 11.3 Å². The molecule has 0 fully saturated rings. The van der Waals surface area contributed by atoms with Gasteiger partial charge in [0.25, 0.3) is 0 Å². The van der Waals surface area contributed by atoms with Crippen molar-refractivity contribution in [3.8, 4) is 0 Å². The number of H-pyrrole nitrogens is 1. The fraction of sp³-hybridized carbons (Fsp3) is 0.312. The highest BCUT2D eigenvalue weighted by Crippen LogP contribution is 2.19. The Hall–Kier alpha value is -2.28. The Morgan fingerprint density at radius 1 is 1.39 bits per heavy atom. The molecule has 0 radical (unpaired) electrons. The lowest BCUT2D eigenvalue weighted by atomic mass is 10.2. The van der Waals surface area contributed by atoms with Crippen molar-refractivity contribution in [1.82, 2.24) is 25.3 Å². The minimum atomic E-state index is 0.0722. The van der Waals surface area contributed by atoms with E-state index < -0.39 is 0 Å². The van der Waals surface area contributed by atoms with Gasteiger partial charge in [0, 0.05) is 36.5 Å². The van der Waals surface area contributed by atoms with Gasteiger partial charge in [-0.1, -0.05) is 18.2 Å². The van der Waals surface area contributed by atoms with Gasteiger partial charge >= 0.3 is 0 Å². The highest BCUT2D eigenvalue weighted by molar-refractivity contribution is 7.99. The molecule has 120 valence electrons. The smallest absolute Gasteiger partial charge is 0.221 e. The van der Waals surface area contributed by atoms with Gasteiger partial charge in [-0.05, 0) is 24.4 Å². The molecular formula is C16H19N5OS. The fourth-order valence-corrected chi connectivity index (χ4v) is 3.20. The van der Waals surface area contributed by atoms with Gasteiger partial charge in [-0.3, -0.25) is 4.79 Å². The number of nitrogens with zero attached hydrogens (tertiary/aromatic N) is 3. The number of hydrogen-bond acceptors (Lipinski definition) is 4. The number of hydrogen-bond donors (Lipinski definition) is 2. The SMILES string of the molecule is Cc1cc2ccccc2n1CCC(=O)NCCSc1cn[nH]n1. The number of benzene rings is 1. The second-order valence-electron chi connectivity index (χ2n) is 5.25. The predicted molar refractivity (Wildman–Crippen MR) is 91.4 cm³/mol. The van der Waals surface area contributed by atoms with E-state index in [1.165, 1.54) is 16.6 Å². The molecule has 6 nitrogen and oxygen atoms in total. The number of para-hydroxylation sites is 1. The van der Waals surface area contributed by atoms with Crippen molar-refractivity contribution in [3.05, 3.63) is 42.2 Å². The summed E-state index contributed by atoms with van der Waals surface area (Å²) in [5.41, 5.74) is 2.36. The highest BCUT2D eigenvalue weighted by Gasteiger charge is 2.07. The molecule has 0 aliphatic carbocycles. The van der Waals surface area contributed by atoms with E-state index >= 15 is 0 Å². The zero-order valence-corrected chi connectivity index (χ0v) is 13.8. The molecule has 0 saturated heterocycles. The fourth-order valence-electron chi connectivity index (χ4n) is 2.55. The van der Waals surface area contributed by atoms with Gasteiger partial charge in [-0.2, -0.15) is 10.3 Å². The number of rotatable bonds is 7. The van der Waals surface area contributed by atoms with Crippen LogP contribution in [0.15, 0.2) is 41.6 Å². The van der Waals surface area contributed by atoms with Gasteiger partial charge in [0.1, 0.15) is 5.03 Å². The van der Waals surface area contributed by atoms with Crippen molar-refractivity contribution >= 4 is 28.6 Å². The monoisotopic (exact) mass is 329 g/mol. The predicted octanol–water partition coefficient (Wildman–Crippen LogP) is 2.37. The highest BCUT2D eigenvalue weighted by atomic mass is 32.2. The molecule has 3 aromatic rings. The Morgan fingerprint density at radius 3 is 3.09 bits per heavy atom. The van der Waals surface area contributed by atoms with E-state index in [0.29, 0.717) is 19.5 Å². The molecular weight excluding hydrogens is 310 g/mol. The molecule has 0 saturated carbocycles. The standard InChI is InChI=1S/C16H19N5OS/c1-12-10-13-4-2-3-5-14(13)21(12)8-6-15(22)17-7-9-23-16-11-18-20-19-16/h2-5,10-11H,6-9H2,1H3,(H,17,22)(H,18,19,20). The van der Waals surface area contributed by atoms with E-state index in [1.54, 1.807) is 18.0 Å². The van der Waals surface area contributed by atoms with Gasteiger partial charge in [-0.25, -0.2) is 0 Å². The summed E-state index contributed by atoms with van der Waals surface area (Å²) in [4.78, 5) is 12.0. The lowest BCUT2D eigenvalue weighted by Crippen LogP contribution is -2.26. The maximum Gasteiger partial charge on any atom is 0.221 e. The van der Waals surface area contributed by atoms with Crippen molar-refractivity contribution in [2.75, 3.05) is 12.3 Å². The molecule has 0 aliphatic rings. The summed E-state index contributed by atoms with van der Waals surface area (Å²) >= 11 is 1.56. The molecule has 1 amide bonds. The van der Waals surface area contributed by atoms with Crippen LogP contribution in [0.2, 0.25) is 0 Å². The lowest BCUT2D eigenvalue weighted by Gasteiger charge is -2.09. The minimum Gasteiger partial charge on any atom is -0.355 e. The van der Waals surface area contributed by atoms with E-state index in [-0.39, 0.29) is 5.91 Å². The van der Waals surface area contributed by atoms with E-state index in [4.69, 9.17) is 0 Å². The Balaban J connectivity index is 1.46. The molecule has 0 atom stereocenters. The summed E-state index contributed by atoms with van der Waals surface area (Å²) < 4.78 is 2.19. The first-order valence-corrected chi connectivity index (χ1v) is 8.53. The van der Waals surface area contributed by atoms with Gasteiger partial charge in [0.05, 0.1) is 6.20 Å². The number of thioether (sulfide) groups is 1. The maximum atomic E-state index is 12.0. The van der Waals surface area contributed by atoms with Crippen LogP contribution in [0.4, 0.5) is 0 Å². The Morgan fingerprint density at radius 2 is 2.26 bits per heavy atom. The van der Waals surface area contributed by atoms with Crippen molar-refractivity contribution in [3.63, 3.8) is 0 Å². The third kappa shape index (κ3) is 3.92. The van der Waals surface area contributed by atoms with Gasteiger partial charge in [0.15, 0.2) is 0 Å². The van der Waals surface area contributed by atoms with Crippen LogP contribution in [-0.4, -0.2) is 38.2 Å². The van der Waals surface area contributed by atoms with Crippen molar-refractivity contribution < 1.29 is 4.79 Å². The quantitative estimate of drug-likeness (QED) is 0.515. The van der Waals surface area contributed by atoms with E-state index in [0.717, 1.165) is 10.8 Å². The largest absolute Gasteiger partial charge is 0.355 e. The Bertz CT molecular complexity index is 781. The molecule has 2 aromatic heterocycles. The number of fused-ring (bicyclic) bond motifs is 1. The molecule has 7 heteroatoms. The second kappa shape index (κ2) is 7.32. The topological polar surface area (TPSA) is 75.6 Å². The summed E-state index contributed by atoms with van der Waals surface area (Å²) in [6, 6.07) is 10.4. The average Bonchev–Trinajstić information content (AvgIpc) is 3.16. The van der Waals surface area contributed by atoms with Crippen LogP contribution in [0, 0.1) is 6.92 Å². The molecule has 0 spiro atoms. The van der Waals surface area contributed by atoms with Crippen molar-refractivity contribution in [1.29, 1.82) is 0 Å².